The van der Waals surface area contributed by atoms with Gasteiger partial charge in [-0.15, -0.1) is 0 Å². The first-order chi connectivity index (χ1) is 10.8. The summed E-state index contributed by atoms with van der Waals surface area (Å²) in [5.74, 6) is 0. The van der Waals surface area contributed by atoms with E-state index in [0.717, 1.165) is 27.0 Å². The molecule has 4 heteroatoms. The molecule has 1 atom stereocenters. The molecule has 1 heterocycles. The lowest BCUT2D eigenvalue weighted by atomic mass is 10.1. The lowest BCUT2D eigenvalue weighted by molar-refractivity contribution is 0.756. The minimum atomic E-state index is -0.00987. The number of pyridine rings is 1. The molecule has 0 amide bonds. The highest BCUT2D eigenvalue weighted by Crippen LogP contribution is 2.21. The van der Waals surface area contributed by atoms with Gasteiger partial charge in [0.1, 0.15) is 4.99 Å². The number of hydrogen-bond acceptors (Lipinski definition) is 3. The number of likely N-dealkylation sites (N-methyl/N-ethyl adjacent to an activating group) is 1. The second-order valence-electron chi connectivity index (χ2n) is 5.06. The zero-order chi connectivity index (χ0) is 15.4. The SMILES string of the molecule is CN[C@@H](C(=S)Nc1ccc2cnccc2c1)c1ccccc1. The Hall–Kier alpha value is -2.30. The normalized spacial score (nSPS) is 12.0. The van der Waals surface area contributed by atoms with E-state index in [4.69, 9.17) is 12.2 Å². The van der Waals surface area contributed by atoms with Crippen molar-refractivity contribution in [2.24, 2.45) is 0 Å². The summed E-state index contributed by atoms with van der Waals surface area (Å²) in [5.41, 5.74) is 2.13. The Balaban J connectivity index is 1.82. The van der Waals surface area contributed by atoms with Crippen molar-refractivity contribution in [2.75, 3.05) is 12.4 Å². The molecule has 0 unspecified atom stereocenters. The number of hydrogen-bond donors (Lipinski definition) is 2. The molecule has 0 aliphatic rings. The molecule has 0 spiro atoms. The van der Waals surface area contributed by atoms with Gasteiger partial charge in [0.25, 0.3) is 0 Å². The molecule has 110 valence electrons. The van der Waals surface area contributed by atoms with E-state index in [1.54, 1.807) is 6.20 Å². The molecule has 3 nitrogen and oxygen atoms in total. The summed E-state index contributed by atoms with van der Waals surface area (Å²) in [6.45, 7) is 0. The number of thiocarbonyl (C=S) groups is 1. The van der Waals surface area contributed by atoms with Gasteiger partial charge in [0, 0.05) is 23.5 Å². The van der Waals surface area contributed by atoms with Crippen LogP contribution in [0.4, 0.5) is 5.69 Å². The predicted octanol–water partition coefficient (Wildman–Crippen LogP) is 3.93. The maximum atomic E-state index is 5.58. The molecule has 0 fully saturated rings. The largest absolute Gasteiger partial charge is 0.348 e. The van der Waals surface area contributed by atoms with Crippen LogP contribution in [0.1, 0.15) is 11.6 Å². The predicted molar refractivity (Wildman–Crippen MR) is 96.2 cm³/mol. The first kappa shape index (κ1) is 14.6. The molecular formula is C18H17N3S. The Labute approximate surface area is 135 Å². The van der Waals surface area contributed by atoms with Crippen LogP contribution in [0.2, 0.25) is 0 Å². The van der Waals surface area contributed by atoms with Gasteiger partial charge in [-0.2, -0.15) is 0 Å². The lowest BCUT2D eigenvalue weighted by Crippen LogP contribution is -2.29. The van der Waals surface area contributed by atoms with Crippen molar-refractivity contribution in [3.63, 3.8) is 0 Å². The van der Waals surface area contributed by atoms with E-state index in [1.807, 2.05) is 49.6 Å². The summed E-state index contributed by atoms with van der Waals surface area (Å²) < 4.78 is 0. The van der Waals surface area contributed by atoms with E-state index in [0.29, 0.717) is 0 Å². The average molecular weight is 307 g/mol. The number of nitrogens with zero attached hydrogens (tertiary/aromatic N) is 1. The fourth-order valence-corrected chi connectivity index (χ4v) is 2.84. The van der Waals surface area contributed by atoms with Gasteiger partial charge < -0.3 is 10.6 Å². The van der Waals surface area contributed by atoms with Crippen molar-refractivity contribution in [1.29, 1.82) is 0 Å². The molecule has 0 saturated carbocycles. The summed E-state index contributed by atoms with van der Waals surface area (Å²) in [6, 6.07) is 18.3. The molecule has 0 aliphatic carbocycles. The molecular weight excluding hydrogens is 290 g/mol. The van der Waals surface area contributed by atoms with Gasteiger partial charge in [-0.3, -0.25) is 4.98 Å². The Morgan fingerprint density at radius 3 is 2.64 bits per heavy atom. The Morgan fingerprint density at radius 2 is 1.86 bits per heavy atom. The molecule has 2 aromatic carbocycles. The standard InChI is InChI=1S/C18H17N3S/c1-19-17(13-5-3-2-4-6-13)18(22)21-16-8-7-15-12-20-10-9-14(15)11-16/h2-12,17,19H,1H3,(H,21,22)/t17-/m1/s1. The van der Waals surface area contributed by atoms with E-state index >= 15 is 0 Å². The third kappa shape index (κ3) is 3.13. The molecule has 1 aromatic heterocycles. The summed E-state index contributed by atoms with van der Waals surface area (Å²) in [5, 5.41) is 8.85. The van der Waals surface area contributed by atoms with Gasteiger partial charge in [0.15, 0.2) is 0 Å². The summed E-state index contributed by atoms with van der Waals surface area (Å²) in [4.78, 5) is 4.88. The fraction of sp³-hybridized carbons (Fsp3) is 0.111. The topological polar surface area (TPSA) is 37.0 Å². The van der Waals surface area contributed by atoms with Crippen LogP contribution in [0.15, 0.2) is 67.0 Å². The van der Waals surface area contributed by atoms with Crippen molar-refractivity contribution in [3.8, 4) is 0 Å². The summed E-state index contributed by atoms with van der Waals surface area (Å²) in [6.07, 6.45) is 3.66. The summed E-state index contributed by atoms with van der Waals surface area (Å²) >= 11 is 5.58. The minimum absolute atomic E-state index is 0.00987. The highest BCUT2D eigenvalue weighted by atomic mass is 32.1. The number of rotatable bonds is 4. The maximum Gasteiger partial charge on any atom is 0.102 e. The molecule has 0 radical (unpaired) electrons. The van der Waals surface area contributed by atoms with Crippen LogP contribution in [0.5, 0.6) is 0 Å². The number of aromatic nitrogens is 1. The van der Waals surface area contributed by atoms with E-state index in [1.165, 1.54) is 0 Å². The number of benzene rings is 2. The van der Waals surface area contributed by atoms with Gasteiger partial charge in [0.05, 0.1) is 6.04 Å². The van der Waals surface area contributed by atoms with E-state index in [9.17, 15) is 0 Å². The maximum absolute atomic E-state index is 5.58. The van der Waals surface area contributed by atoms with E-state index in [-0.39, 0.29) is 6.04 Å². The third-order valence-corrected chi connectivity index (χ3v) is 3.93. The van der Waals surface area contributed by atoms with Gasteiger partial charge in [-0.25, -0.2) is 0 Å². The number of anilines is 1. The monoisotopic (exact) mass is 307 g/mol. The zero-order valence-corrected chi connectivity index (χ0v) is 13.1. The zero-order valence-electron chi connectivity index (χ0n) is 12.3. The highest BCUT2D eigenvalue weighted by molar-refractivity contribution is 7.80. The Bertz CT molecular complexity index is 786. The molecule has 0 bridgehead atoms. The molecule has 0 aliphatic heterocycles. The van der Waals surface area contributed by atoms with Crippen molar-refractivity contribution < 1.29 is 0 Å². The van der Waals surface area contributed by atoms with Crippen LogP contribution >= 0.6 is 12.2 Å². The summed E-state index contributed by atoms with van der Waals surface area (Å²) in [7, 11) is 1.91. The molecule has 3 rings (SSSR count). The fourth-order valence-electron chi connectivity index (χ4n) is 2.47. The first-order valence-electron chi connectivity index (χ1n) is 7.15. The lowest BCUT2D eigenvalue weighted by Gasteiger charge is -2.19. The molecule has 3 aromatic rings. The smallest absolute Gasteiger partial charge is 0.102 e. The van der Waals surface area contributed by atoms with Crippen LogP contribution in [0, 0.1) is 0 Å². The molecule has 22 heavy (non-hydrogen) atoms. The van der Waals surface area contributed by atoms with Crippen molar-refractivity contribution in [2.45, 2.75) is 6.04 Å². The van der Waals surface area contributed by atoms with Crippen molar-refractivity contribution in [3.05, 3.63) is 72.6 Å². The molecule has 2 N–H and O–H groups in total. The quantitative estimate of drug-likeness (QED) is 0.716. The van der Waals surface area contributed by atoms with Crippen LogP contribution in [-0.4, -0.2) is 17.0 Å². The Kier molecular flexibility index (Phi) is 4.42. The van der Waals surface area contributed by atoms with Gasteiger partial charge in [-0.1, -0.05) is 48.6 Å². The van der Waals surface area contributed by atoms with Crippen LogP contribution < -0.4 is 10.6 Å². The van der Waals surface area contributed by atoms with E-state index < -0.39 is 0 Å². The average Bonchev–Trinajstić information content (AvgIpc) is 2.56. The third-order valence-electron chi connectivity index (χ3n) is 3.59. The molecule has 0 saturated heterocycles. The number of nitrogens with one attached hydrogen (secondary N) is 2. The van der Waals surface area contributed by atoms with Crippen molar-refractivity contribution in [1.82, 2.24) is 10.3 Å². The highest BCUT2D eigenvalue weighted by Gasteiger charge is 2.14. The van der Waals surface area contributed by atoms with Crippen molar-refractivity contribution >= 4 is 33.7 Å². The number of fused-ring (bicyclic) bond motifs is 1. The van der Waals surface area contributed by atoms with E-state index in [2.05, 4.69) is 33.8 Å². The van der Waals surface area contributed by atoms with Crippen LogP contribution in [-0.2, 0) is 0 Å². The second-order valence-corrected chi connectivity index (χ2v) is 5.50. The minimum Gasteiger partial charge on any atom is -0.348 e. The van der Waals surface area contributed by atoms with Gasteiger partial charge in [0.2, 0.25) is 0 Å². The van der Waals surface area contributed by atoms with Gasteiger partial charge >= 0.3 is 0 Å². The first-order valence-corrected chi connectivity index (χ1v) is 7.55. The second kappa shape index (κ2) is 6.64. The van der Waals surface area contributed by atoms with Crippen LogP contribution in [0.25, 0.3) is 10.8 Å². The Morgan fingerprint density at radius 1 is 1.05 bits per heavy atom. The van der Waals surface area contributed by atoms with Crippen LogP contribution in [0.3, 0.4) is 0 Å². The van der Waals surface area contributed by atoms with Gasteiger partial charge in [-0.05, 0) is 36.2 Å².